The van der Waals surface area contributed by atoms with Gasteiger partial charge in [-0.2, -0.15) is 0 Å². The minimum atomic E-state index is -1.19. The third-order valence-electron chi connectivity index (χ3n) is 2.56. The van der Waals surface area contributed by atoms with Crippen LogP contribution in [-0.2, 0) is 4.79 Å². The molecule has 0 radical (unpaired) electrons. The number of nitro groups is 2. The van der Waals surface area contributed by atoms with Crippen molar-refractivity contribution in [1.29, 1.82) is 0 Å². The lowest BCUT2D eigenvalue weighted by atomic mass is 10.1. The summed E-state index contributed by atoms with van der Waals surface area (Å²) in [6.45, 7) is 1.97. The molecule has 0 unspecified atom stereocenters. The van der Waals surface area contributed by atoms with Crippen molar-refractivity contribution in [3.63, 3.8) is 0 Å². The Kier molecular flexibility index (Phi) is 8.56. The second kappa shape index (κ2) is 9.65. The highest BCUT2D eigenvalue weighted by molar-refractivity contribution is 5.68. The number of rotatable bonds is 10. The highest BCUT2D eigenvalue weighted by Crippen LogP contribution is 2.13. The molecule has 0 amide bonds. The molecule has 0 bridgehead atoms. The van der Waals surface area contributed by atoms with E-state index in [9.17, 15) is 25.0 Å². The first kappa shape index (κ1) is 17.8. The normalized spacial score (nSPS) is 12.2. The first-order chi connectivity index (χ1) is 9.38. The first-order valence-corrected chi connectivity index (χ1v) is 6.27. The van der Waals surface area contributed by atoms with Crippen molar-refractivity contribution in [2.75, 3.05) is 0 Å². The van der Waals surface area contributed by atoms with Gasteiger partial charge in [0.15, 0.2) is 0 Å². The summed E-state index contributed by atoms with van der Waals surface area (Å²) in [5.41, 5.74) is -0.413. The summed E-state index contributed by atoms with van der Waals surface area (Å²) in [6.07, 6.45) is 4.09. The Morgan fingerprint density at radius 1 is 1.05 bits per heavy atom. The number of carbonyl (C=O) groups is 1. The molecule has 0 aliphatic rings. The fraction of sp³-hybridized carbons (Fsp3) is 0.583. The predicted molar refractivity (Wildman–Crippen MR) is 71.2 cm³/mol. The maximum Gasteiger partial charge on any atom is 0.307 e. The Bertz CT molecular complexity index is 428. The number of nitrogens with zero attached hydrogens (tertiary/aromatic N) is 2. The molecule has 1 N–H and O–H groups in total. The Morgan fingerprint density at radius 2 is 1.60 bits per heavy atom. The molecule has 0 saturated carbocycles. The van der Waals surface area contributed by atoms with Gasteiger partial charge in [-0.3, -0.25) is 25.0 Å². The Hall–Kier alpha value is -2.25. The highest BCUT2D eigenvalue weighted by Gasteiger charge is 2.15. The minimum Gasteiger partial charge on any atom is -0.481 e. The zero-order valence-corrected chi connectivity index (χ0v) is 11.3. The van der Waals surface area contributed by atoms with E-state index in [0.29, 0.717) is 6.42 Å². The topological polar surface area (TPSA) is 124 Å². The van der Waals surface area contributed by atoms with Crippen molar-refractivity contribution in [3.8, 4) is 0 Å². The molecule has 20 heavy (non-hydrogen) atoms. The molecule has 0 saturated heterocycles. The van der Waals surface area contributed by atoms with Gasteiger partial charge < -0.3 is 5.11 Å². The maximum atomic E-state index is 10.8. The SMILES string of the molecule is CCCCC/C(=C\C/C(=C\CC(=O)O)[N+](=O)[O-])[N+](=O)[O-]. The van der Waals surface area contributed by atoms with E-state index in [-0.39, 0.29) is 24.2 Å². The van der Waals surface area contributed by atoms with Crippen molar-refractivity contribution in [3.05, 3.63) is 43.8 Å². The number of unbranched alkanes of at least 4 members (excludes halogenated alkanes) is 2. The van der Waals surface area contributed by atoms with Crippen LogP contribution < -0.4 is 0 Å². The van der Waals surface area contributed by atoms with Crippen LogP contribution in [0, 0.1) is 20.2 Å². The molecule has 0 aromatic carbocycles. The monoisotopic (exact) mass is 286 g/mol. The molecule has 0 aliphatic heterocycles. The van der Waals surface area contributed by atoms with Crippen LogP contribution in [0.5, 0.6) is 0 Å². The summed E-state index contributed by atoms with van der Waals surface area (Å²) in [5, 5.41) is 30.0. The molecule has 0 aromatic rings. The number of allylic oxidation sites excluding steroid dienone is 2. The molecule has 8 heteroatoms. The lowest BCUT2D eigenvalue weighted by Crippen LogP contribution is -2.03. The van der Waals surface area contributed by atoms with E-state index in [4.69, 9.17) is 5.11 Å². The molecule has 0 aromatic heterocycles. The maximum absolute atomic E-state index is 10.8. The van der Waals surface area contributed by atoms with Crippen LogP contribution in [0.4, 0.5) is 0 Å². The molecule has 0 rings (SSSR count). The van der Waals surface area contributed by atoms with Gasteiger partial charge in [-0.25, -0.2) is 0 Å². The van der Waals surface area contributed by atoms with E-state index in [2.05, 4.69) is 0 Å². The zero-order chi connectivity index (χ0) is 15.5. The highest BCUT2D eigenvalue weighted by atomic mass is 16.6. The van der Waals surface area contributed by atoms with Crippen LogP contribution in [0.3, 0.4) is 0 Å². The van der Waals surface area contributed by atoms with Crippen LogP contribution in [0.2, 0.25) is 0 Å². The Morgan fingerprint density at radius 3 is 2.05 bits per heavy atom. The molecule has 8 nitrogen and oxygen atoms in total. The van der Waals surface area contributed by atoms with Crippen molar-refractivity contribution in [1.82, 2.24) is 0 Å². The smallest absolute Gasteiger partial charge is 0.307 e. The quantitative estimate of drug-likeness (QED) is 0.374. The van der Waals surface area contributed by atoms with E-state index >= 15 is 0 Å². The third kappa shape index (κ3) is 7.96. The average Bonchev–Trinajstić information content (AvgIpc) is 2.35. The standard InChI is InChI=1S/C12H18N2O6/c1-2-3-4-5-10(13(17)18)6-7-11(14(19)20)8-9-12(15)16/h6,8H,2-5,7,9H2,1H3,(H,15,16)/b10-6+,11-8+. The second-order valence-electron chi connectivity index (χ2n) is 4.16. The van der Waals surface area contributed by atoms with Gasteiger partial charge in [-0.15, -0.1) is 0 Å². The van der Waals surface area contributed by atoms with E-state index in [1.54, 1.807) is 0 Å². The van der Waals surface area contributed by atoms with Gasteiger partial charge in [-0.1, -0.05) is 19.8 Å². The Balaban J connectivity index is 4.77. The molecule has 0 fully saturated rings. The molecule has 0 atom stereocenters. The zero-order valence-electron chi connectivity index (χ0n) is 11.3. The third-order valence-corrected chi connectivity index (χ3v) is 2.56. The second-order valence-corrected chi connectivity index (χ2v) is 4.16. The fourth-order valence-electron chi connectivity index (χ4n) is 1.48. The number of aliphatic carboxylic acids is 1. The summed E-state index contributed by atoms with van der Waals surface area (Å²) < 4.78 is 0. The van der Waals surface area contributed by atoms with Crippen LogP contribution in [0.25, 0.3) is 0 Å². The summed E-state index contributed by atoms with van der Waals surface area (Å²) in [5.74, 6) is -1.19. The summed E-state index contributed by atoms with van der Waals surface area (Å²) in [4.78, 5) is 30.6. The molecular weight excluding hydrogens is 268 g/mol. The van der Waals surface area contributed by atoms with Crippen molar-refractivity contribution < 1.29 is 19.7 Å². The molecule has 0 heterocycles. The van der Waals surface area contributed by atoms with Crippen molar-refractivity contribution in [2.24, 2.45) is 0 Å². The number of carboxylic acids is 1. The van der Waals surface area contributed by atoms with Crippen molar-refractivity contribution >= 4 is 5.97 Å². The van der Waals surface area contributed by atoms with Gasteiger partial charge in [-0.05, 0) is 12.5 Å². The van der Waals surface area contributed by atoms with Crippen LogP contribution in [0.15, 0.2) is 23.5 Å². The first-order valence-electron chi connectivity index (χ1n) is 6.27. The molecule has 0 aliphatic carbocycles. The summed E-state index contributed by atoms with van der Waals surface area (Å²) in [6, 6.07) is 0. The van der Waals surface area contributed by atoms with E-state index in [1.807, 2.05) is 6.92 Å². The fourth-order valence-corrected chi connectivity index (χ4v) is 1.48. The average molecular weight is 286 g/mol. The molecule has 0 spiro atoms. The lowest BCUT2D eigenvalue weighted by molar-refractivity contribution is -0.432. The van der Waals surface area contributed by atoms with Crippen molar-refractivity contribution in [2.45, 2.75) is 45.4 Å². The van der Waals surface area contributed by atoms with Crippen LogP contribution >= 0.6 is 0 Å². The minimum absolute atomic E-state index is 0.0680. The van der Waals surface area contributed by atoms with E-state index in [0.717, 1.165) is 18.9 Å². The largest absolute Gasteiger partial charge is 0.481 e. The van der Waals surface area contributed by atoms with Gasteiger partial charge >= 0.3 is 5.97 Å². The molecule has 112 valence electrons. The van der Waals surface area contributed by atoms with Gasteiger partial charge in [0.2, 0.25) is 11.4 Å². The predicted octanol–water partition coefficient (Wildman–Crippen LogP) is 2.75. The molecular formula is C12H18N2O6. The number of hydrogen-bond acceptors (Lipinski definition) is 5. The van der Waals surface area contributed by atoms with Gasteiger partial charge in [0.05, 0.1) is 22.7 Å². The van der Waals surface area contributed by atoms with E-state index < -0.39 is 22.2 Å². The Labute approximate surface area is 116 Å². The number of hydrogen-bond donors (Lipinski definition) is 1. The van der Waals surface area contributed by atoms with Gasteiger partial charge in [0.1, 0.15) is 0 Å². The van der Waals surface area contributed by atoms with Gasteiger partial charge in [0.25, 0.3) is 0 Å². The summed E-state index contributed by atoms with van der Waals surface area (Å²) >= 11 is 0. The number of carboxylic acid groups (broad SMARTS) is 1. The van der Waals surface area contributed by atoms with E-state index in [1.165, 1.54) is 6.08 Å². The van der Waals surface area contributed by atoms with Crippen LogP contribution in [0.1, 0.15) is 45.4 Å². The summed E-state index contributed by atoms with van der Waals surface area (Å²) in [7, 11) is 0. The van der Waals surface area contributed by atoms with Gasteiger partial charge in [0, 0.05) is 12.5 Å². The lowest BCUT2D eigenvalue weighted by Gasteiger charge is -1.98. The van der Waals surface area contributed by atoms with Crippen LogP contribution in [-0.4, -0.2) is 20.9 Å².